The van der Waals surface area contributed by atoms with Crippen LogP contribution >= 0.6 is 0 Å². The van der Waals surface area contributed by atoms with E-state index in [4.69, 9.17) is 0 Å². The van der Waals surface area contributed by atoms with Crippen molar-refractivity contribution in [1.29, 1.82) is 0 Å². The monoisotopic (exact) mass is 253 g/mol. The van der Waals surface area contributed by atoms with Crippen molar-refractivity contribution in [3.63, 3.8) is 0 Å². The Morgan fingerprint density at radius 2 is 1.94 bits per heavy atom. The van der Waals surface area contributed by atoms with Gasteiger partial charge in [0.1, 0.15) is 0 Å². The van der Waals surface area contributed by atoms with Crippen LogP contribution in [0.25, 0.3) is 0 Å². The Balaban J connectivity index is 1.64. The third-order valence-corrected chi connectivity index (χ3v) is 4.07. The van der Waals surface area contributed by atoms with Crippen LogP contribution in [0.15, 0.2) is 0 Å². The Kier molecular flexibility index (Phi) is 5.45. The molecule has 1 aliphatic carbocycles. The largest absolute Gasteiger partial charge is 0.355 e. The van der Waals surface area contributed by atoms with Crippen LogP contribution in [0.1, 0.15) is 32.6 Å². The van der Waals surface area contributed by atoms with Gasteiger partial charge in [-0.25, -0.2) is 0 Å². The molecule has 104 valence electrons. The first-order valence-corrected chi connectivity index (χ1v) is 7.47. The molecule has 2 rings (SSSR count). The molecule has 2 fully saturated rings. The minimum absolute atomic E-state index is 0.206. The summed E-state index contributed by atoms with van der Waals surface area (Å²) in [5.74, 6) is 1.74. The Morgan fingerprint density at radius 1 is 1.22 bits per heavy atom. The van der Waals surface area contributed by atoms with Gasteiger partial charge in [-0.3, -0.25) is 9.69 Å². The summed E-state index contributed by atoms with van der Waals surface area (Å²) < 4.78 is 0. The molecule has 2 aliphatic rings. The van der Waals surface area contributed by atoms with Gasteiger partial charge in [0.2, 0.25) is 5.91 Å². The summed E-state index contributed by atoms with van der Waals surface area (Å²) in [6, 6.07) is 0. The summed E-state index contributed by atoms with van der Waals surface area (Å²) >= 11 is 0. The number of rotatable bonds is 7. The molecule has 4 heteroatoms. The zero-order valence-electron chi connectivity index (χ0n) is 11.6. The maximum Gasteiger partial charge on any atom is 0.234 e. The van der Waals surface area contributed by atoms with Gasteiger partial charge >= 0.3 is 0 Å². The summed E-state index contributed by atoms with van der Waals surface area (Å²) in [5.41, 5.74) is 0. The van der Waals surface area contributed by atoms with Crippen molar-refractivity contribution in [2.75, 3.05) is 39.3 Å². The van der Waals surface area contributed by atoms with Crippen LogP contribution in [0, 0.1) is 11.8 Å². The van der Waals surface area contributed by atoms with Crippen LogP contribution < -0.4 is 10.6 Å². The Hall–Kier alpha value is -0.610. The zero-order valence-corrected chi connectivity index (χ0v) is 11.6. The highest BCUT2D eigenvalue weighted by atomic mass is 16.2. The maximum absolute atomic E-state index is 11.8. The fraction of sp³-hybridized carbons (Fsp3) is 0.929. The molecule has 1 heterocycles. The molecule has 0 atom stereocenters. The molecular formula is C14H27N3O. The van der Waals surface area contributed by atoms with Crippen molar-refractivity contribution in [1.82, 2.24) is 15.5 Å². The van der Waals surface area contributed by atoms with Crippen molar-refractivity contribution >= 4 is 5.91 Å². The molecule has 1 saturated heterocycles. The minimum Gasteiger partial charge on any atom is -0.355 e. The van der Waals surface area contributed by atoms with E-state index in [1.165, 1.54) is 25.7 Å². The molecule has 0 spiro atoms. The summed E-state index contributed by atoms with van der Waals surface area (Å²) in [7, 11) is 0. The number of nitrogens with zero attached hydrogens (tertiary/aromatic N) is 1. The van der Waals surface area contributed by atoms with E-state index in [9.17, 15) is 4.79 Å². The average Bonchev–Trinajstić information content (AvgIpc) is 3.21. The first kappa shape index (κ1) is 13.8. The summed E-state index contributed by atoms with van der Waals surface area (Å²) in [4.78, 5) is 14.1. The Bertz CT molecular complexity index is 260. The first-order valence-electron chi connectivity index (χ1n) is 7.47. The lowest BCUT2D eigenvalue weighted by atomic mass is 9.97. The molecule has 4 nitrogen and oxygen atoms in total. The van der Waals surface area contributed by atoms with E-state index in [0.29, 0.717) is 6.54 Å². The first-order chi connectivity index (χ1) is 8.78. The SMILES string of the molecule is CCN(CC(=O)NCC1CC1)CC1CCNCC1. The van der Waals surface area contributed by atoms with Gasteiger partial charge in [-0.2, -0.15) is 0 Å². The van der Waals surface area contributed by atoms with Gasteiger partial charge in [0.25, 0.3) is 0 Å². The van der Waals surface area contributed by atoms with Crippen molar-refractivity contribution in [3.8, 4) is 0 Å². The Morgan fingerprint density at radius 3 is 2.56 bits per heavy atom. The summed E-state index contributed by atoms with van der Waals surface area (Å²) in [6.07, 6.45) is 5.10. The lowest BCUT2D eigenvalue weighted by Crippen LogP contribution is -2.42. The molecule has 1 amide bonds. The van der Waals surface area contributed by atoms with Gasteiger partial charge in [-0.15, -0.1) is 0 Å². The second-order valence-electron chi connectivity index (χ2n) is 5.77. The van der Waals surface area contributed by atoms with Gasteiger partial charge in [0.05, 0.1) is 6.54 Å². The normalized spacial score (nSPS) is 21.2. The number of nitrogens with one attached hydrogen (secondary N) is 2. The number of carbonyl (C=O) groups is 1. The molecule has 2 N–H and O–H groups in total. The molecule has 1 saturated carbocycles. The van der Waals surface area contributed by atoms with E-state index in [1.54, 1.807) is 0 Å². The van der Waals surface area contributed by atoms with Crippen LogP contribution in [-0.4, -0.2) is 50.1 Å². The quantitative estimate of drug-likeness (QED) is 0.706. The predicted molar refractivity (Wildman–Crippen MR) is 73.4 cm³/mol. The van der Waals surface area contributed by atoms with Gasteiger partial charge in [0.15, 0.2) is 0 Å². The number of likely N-dealkylation sites (N-methyl/N-ethyl adjacent to an activating group) is 1. The molecule has 18 heavy (non-hydrogen) atoms. The molecule has 0 bridgehead atoms. The van der Waals surface area contributed by atoms with E-state index in [1.807, 2.05) is 0 Å². The average molecular weight is 253 g/mol. The number of piperidine rings is 1. The second kappa shape index (κ2) is 7.10. The third kappa shape index (κ3) is 4.94. The van der Waals surface area contributed by atoms with Gasteiger partial charge < -0.3 is 10.6 Å². The van der Waals surface area contributed by atoms with Gasteiger partial charge in [-0.1, -0.05) is 6.92 Å². The smallest absolute Gasteiger partial charge is 0.234 e. The topological polar surface area (TPSA) is 44.4 Å². The van der Waals surface area contributed by atoms with E-state index >= 15 is 0 Å². The van der Waals surface area contributed by atoms with E-state index < -0.39 is 0 Å². The number of hydrogen-bond donors (Lipinski definition) is 2. The molecular weight excluding hydrogens is 226 g/mol. The van der Waals surface area contributed by atoms with E-state index in [2.05, 4.69) is 22.5 Å². The summed E-state index contributed by atoms with van der Waals surface area (Å²) in [6.45, 7) is 7.94. The van der Waals surface area contributed by atoms with Crippen molar-refractivity contribution < 1.29 is 4.79 Å². The molecule has 1 aliphatic heterocycles. The van der Waals surface area contributed by atoms with E-state index in [-0.39, 0.29) is 5.91 Å². The van der Waals surface area contributed by atoms with Crippen LogP contribution in [0.3, 0.4) is 0 Å². The van der Waals surface area contributed by atoms with Gasteiger partial charge in [-0.05, 0) is 57.2 Å². The highest BCUT2D eigenvalue weighted by Crippen LogP contribution is 2.27. The fourth-order valence-corrected chi connectivity index (χ4v) is 2.57. The predicted octanol–water partition coefficient (Wildman–Crippen LogP) is 0.834. The molecule has 0 aromatic rings. The van der Waals surface area contributed by atoms with Crippen LogP contribution in [0.5, 0.6) is 0 Å². The van der Waals surface area contributed by atoms with Crippen molar-refractivity contribution in [2.24, 2.45) is 11.8 Å². The summed E-state index contributed by atoms with van der Waals surface area (Å²) in [5, 5.41) is 6.44. The lowest BCUT2D eigenvalue weighted by Gasteiger charge is -2.28. The van der Waals surface area contributed by atoms with Crippen LogP contribution in [-0.2, 0) is 4.79 Å². The Labute approximate surface area is 110 Å². The number of carbonyl (C=O) groups excluding carboxylic acids is 1. The standard InChI is InChI=1S/C14H27N3O/c1-2-17(10-13-5-7-15-8-6-13)11-14(18)16-9-12-3-4-12/h12-13,15H,2-11H2,1H3,(H,16,18). The van der Waals surface area contributed by atoms with Crippen LogP contribution in [0.2, 0.25) is 0 Å². The van der Waals surface area contributed by atoms with Crippen LogP contribution in [0.4, 0.5) is 0 Å². The fourth-order valence-electron chi connectivity index (χ4n) is 2.57. The van der Waals surface area contributed by atoms with Crippen molar-refractivity contribution in [3.05, 3.63) is 0 Å². The lowest BCUT2D eigenvalue weighted by molar-refractivity contribution is -0.122. The maximum atomic E-state index is 11.8. The highest BCUT2D eigenvalue weighted by molar-refractivity contribution is 5.78. The molecule has 0 radical (unpaired) electrons. The number of amides is 1. The second-order valence-corrected chi connectivity index (χ2v) is 5.77. The zero-order chi connectivity index (χ0) is 12.8. The van der Waals surface area contributed by atoms with Crippen molar-refractivity contribution in [2.45, 2.75) is 32.6 Å². The molecule has 0 aromatic carbocycles. The third-order valence-electron chi connectivity index (χ3n) is 4.07. The van der Waals surface area contributed by atoms with E-state index in [0.717, 1.165) is 44.6 Å². The number of hydrogen-bond acceptors (Lipinski definition) is 3. The highest BCUT2D eigenvalue weighted by Gasteiger charge is 2.22. The molecule has 0 aromatic heterocycles. The molecule has 0 unspecified atom stereocenters. The minimum atomic E-state index is 0.206. The van der Waals surface area contributed by atoms with Gasteiger partial charge in [0, 0.05) is 13.1 Å².